The minimum absolute atomic E-state index is 0.00364. The van der Waals surface area contributed by atoms with E-state index in [1.54, 1.807) is 6.07 Å². The highest BCUT2D eigenvalue weighted by Gasteiger charge is 2.18. The fourth-order valence-electron chi connectivity index (χ4n) is 1.80. The van der Waals surface area contributed by atoms with Crippen molar-refractivity contribution in [2.24, 2.45) is 0 Å². The molecule has 2 rings (SSSR count). The molecule has 0 radical (unpaired) electrons. The number of carbonyl (C=O) groups is 1. The zero-order valence-corrected chi connectivity index (χ0v) is 9.79. The summed E-state index contributed by atoms with van der Waals surface area (Å²) in [6, 6.07) is 1.59. The normalized spacial score (nSPS) is 17.1. The van der Waals surface area contributed by atoms with Gasteiger partial charge in [0.15, 0.2) is 4.67 Å². The third kappa shape index (κ3) is 2.41. The second-order valence-corrected chi connectivity index (χ2v) is 4.42. The SMILES string of the molecule is O=C(O)c1cc(CN2CCCC2)c(Br)o1. The summed E-state index contributed by atoms with van der Waals surface area (Å²) in [4.78, 5) is 13.0. The minimum Gasteiger partial charge on any atom is -0.475 e. The first kappa shape index (κ1) is 10.7. The largest absolute Gasteiger partial charge is 0.475 e. The molecular weight excluding hydrogens is 262 g/mol. The van der Waals surface area contributed by atoms with Crippen LogP contribution in [-0.2, 0) is 6.54 Å². The fourth-order valence-corrected chi connectivity index (χ4v) is 2.22. The van der Waals surface area contributed by atoms with Crippen LogP contribution >= 0.6 is 15.9 Å². The van der Waals surface area contributed by atoms with E-state index >= 15 is 0 Å². The maximum absolute atomic E-state index is 10.7. The molecule has 2 heterocycles. The maximum atomic E-state index is 10.7. The Morgan fingerprint density at radius 1 is 1.53 bits per heavy atom. The standard InChI is InChI=1S/C10H12BrNO3/c11-9-7(5-8(15-9)10(13)14)6-12-3-1-2-4-12/h5H,1-4,6H2,(H,13,14). The summed E-state index contributed by atoms with van der Waals surface area (Å²) in [6.07, 6.45) is 2.45. The van der Waals surface area contributed by atoms with Gasteiger partial charge in [-0.3, -0.25) is 4.90 Å². The van der Waals surface area contributed by atoms with Crippen molar-refractivity contribution < 1.29 is 14.3 Å². The van der Waals surface area contributed by atoms with Crippen LogP contribution in [0.4, 0.5) is 0 Å². The van der Waals surface area contributed by atoms with E-state index in [0.717, 1.165) is 25.2 Å². The Morgan fingerprint density at radius 3 is 2.73 bits per heavy atom. The van der Waals surface area contributed by atoms with Crippen LogP contribution in [0.25, 0.3) is 0 Å². The molecule has 0 spiro atoms. The second-order valence-electron chi connectivity index (χ2n) is 3.70. The number of furan rings is 1. The van der Waals surface area contributed by atoms with Crippen LogP contribution in [0.2, 0.25) is 0 Å². The van der Waals surface area contributed by atoms with Crippen LogP contribution in [0, 0.1) is 0 Å². The number of aromatic carboxylic acids is 1. The Morgan fingerprint density at radius 2 is 2.20 bits per heavy atom. The van der Waals surface area contributed by atoms with E-state index in [4.69, 9.17) is 9.52 Å². The van der Waals surface area contributed by atoms with Crippen LogP contribution in [-0.4, -0.2) is 29.1 Å². The average molecular weight is 274 g/mol. The Labute approximate surface area is 96.0 Å². The Kier molecular flexibility index (Phi) is 3.11. The molecule has 82 valence electrons. The highest BCUT2D eigenvalue weighted by Crippen LogP contribution is 2.24. The summed E-state index contributed by atoms with van der Waals surface area (Å²) in [6.45, 7) is 2.93. The molecular formula is C10H12BrNO3. The van der Waals surface area contributed by atoms with E-state index in [2.05, 4.69) is 20.8 Å². The van der Waals surface area contributed by atoms with Crippen LogP contribution in [0.3, 0.4) is 0 Å². The van der Waals surface area contributed by atoms with Gasteiger partial charge in [-0.1, -0.05) is 0 Å². The molecule has 0 atom stereocenters. The number of nitrogens with zero attached hydrogens (tertiary/aromatic N) is 1. The zero-order valence-electron chi connectivity index (χ0n) is 8.20. The predicted octanol–water partition coefficient (Wildman–Crippen LogP) is 2.34. The topological polar surface area (TPSA) is 53.7 Å². The number of hydrogen-bond acceptors (Lipinski definition) is 3. The van der Waals surface area contributed by atoms with Gasteiger partial charge in [0.05, 0.1) is 0 Å². The van der Waals surface area contributed by atoms with Gasteiger partial charge in [0.25, 0.3) is 0 Å². The summed E-state index contributed by atoms with van der Waals surface area (Å²) in [5.74, 6) is -1.03. The summed E-state index contributed by atoms with van der Waals surface area (Å²) in [5, 5.41) is 8.76. The number of likely N-dealkylation sites (tertiary alicyclic amines) is 1. The molecule has 0 saturated carbocycles. The van der Waals surface area contributed by atoms with Gasteiger partial charge in [-0.05, 0) is 47.9 Å². The predicted molar refractivity (Wildman–Crippen MR) is 57.9 cm³/mol. The van der Waals surface area contributed by atoms with Crippen molar-refractivity contribution in [3.8, 4) is 0 Å². The van der Waals surface area contributed by atoms with Crippen molar-refractivity contribution in [2.45, 2.75) is 19.4 Å². The molecule has 0 bridgehead atoms. The maximum Gasteiger partial charge on any atom is 0.371 e. The fraction of sp³-hybridized carbons (Fsp3) is 0.500. The van der Waals surface area contributed by atoms with Crippen molar-refractivity contribution >= 4 is 21.9 Å². The monoisotopic (exact) mass is 273 g/mol. The van der Waals surface area contributed by atoms with Gasteiger partial charge in [0.2, 0.25) is 5.76 Å². The molecule has 0 amide bonds. The van der Waals surface area contributed by atoms with E-state index in [-0.39, 0.29) is 5.76 Å². The van der Waals surface area contributed by atoms with E-state index in [1.165, 1.54) is 12.8 Å². The first-order valence-corrected chi connectivity index (χ1v) is 5.70. The molecule has 0 aromatic carbocycles. The van der Waals surface area contributed by atoms with Crippen molar-refractivity contribution in [1.82, 2.24) is 4.90 Å². The molecule has 1 N–H and O–H groups in total. The highest BCUT2D eigenvalue weighted by molar-refractivity contribution is 9.10. The van der Waals surface area contributed by atoms with Crippen molar-refractivity contribution in [3.63, 3.8) is 0 Å². The lowest BCUT2D eigenvalue weighted by molar-refractivity contribution is 0.0661. The van der Waals surface area contributed by atoms with Crippen LogP contribution < -0.4 is 0 Å². The van der Waals surface area contributed by atoms with Gasteiger partial charge in [-0.2, -0.15) is 0 Å². The van der Waals surface area contributed by atoms with Crippen LogP contribution in [0.15, 0.2) is 15.2 Å². The smallest absolute Gasteiger partial charge is 0.371 e. The molecule has 5 heteroatoms. The molecule has 1 saturated heterocycles. The van der Waals surface area contributed by atoms with Gasteiger partial charge in [-0.15, -0.1) is 0 Å². The molecule has 0 aliphatic carbocycles. The van der Waals surface area contributed by atoms with E-state index < -0.39 is 5.97 Å². The number of hydrogen-bond donors (Lipinski definition) is 1. The van der Waals surface area contributed by atoms with Gasteiger partial charge < -0.3 is 9.52 Å². The molecule has 1 aromatic rings. The molecule has 1 aliphatic heterocycles. The third-order valence-electron chi connectivity index (χ3n) is 2.56. The summed E-state index contributed by atoms with van der Waals surface area (Å²) in [7, 11) is 0. The number of halogens is 1. The molecule has 1 aliphatic rings. The Bertz CT molecular complexity index is 369. The van der Waals surface area contributed by atoms with Crippen LogP contribution in [0.5, 0.6) is 0 Å². The number of carboxylic acids is 1. The van der Waals surface area contributed by atoms with Crippen molar-refractivity contribution in [2.75, 3.05) is 13.1 Å². The lowest BCUT2D eigenvalue weighted by atomic mass is 10.3. The van der Waals surface area contributed by atoms with Crippen molar-refractivity contribution in [1.29, 1.82) is 0 Å². The van der Waals surface area contributed by atoms with E-state index in [0.29, 0.717) is 4.67 Å². The molecule has 1 aromatic heterocycles. The summed E-state index contributed by atoms with van der Waals surface area (Å²) >= 11 is 3.24. The number of rotatable bonds is 3. The molecule has 0 unspecified atom stereocenters. The summed E-state index contributed by atoms with van der Waals surface area (Å²) in [5.41, 5.74) is 0.911. The second kappa shape index (κ2) is 4.37. The zero-order chi connectivity index (χ0) is 10.8. The molecule has 4 nitrogen and oxygen atoms in total. The average Bonchev–Trinajstić information content (AvgIpc) is 2.77. The van der Waals surface area contributed by atoms with Gasteiger partial charge in [0.1, 0.15) is 0 Å². The van der Waals surface area contributed by atoms with Gasteiger partial charge >= 0.3 is 5.97 Å². The van der Waals surface area contributed by atoms with E-state index in [1.807, 2.05) is 0 Å². The first-order chi connectivity index (χ1) is 7.16. The molecule has 15 heavy (non-hydrogen) atoms. The third-order valence-corrected chi connectivity index (χ3v) is 3.23. The Balaban J connectivity index is 2.10. The lowest BCUT2D eigenvalue weighted by Gasteiger charge is -2.12. The van der Waals surface area contributed by atoms with Gasteiger partial charge in [0, 0.05) is 12.1 Å². The first-order valence-electron chi connectivity index (χ1n) is 4.90. The van der Waals surface area contributed by atoms with E-state index in [9.17, 15) is 4.79 Å². The Hall–Kier alpha value is -0.810. The summed E-state index contributed by atoms with van der Waals surface area (Å²) < 4.78 is 5.61. The van der Waals surface area contributed by atoms with Crippen LogP contribution in [0.1, 0.15) is 29.0 Å². The molecule has 1 fully saturated rings. The quantitative estimate of drug-likeness (QED) is 0.919. The number of carboxylic acid groups (broad SMARTS) is 1. The van der Waals surface area contributed by atoms with Crippen molar-refractivity contribution in [3.05, 3.63) is 22.1 Å². The lowest BCUT2D eigenvalue weighted by Crippen LogP contribution is -2.18. The van der Waals surface area contributed by atoms with Gasteiger partial charge in [-0.25, -0.2) is 4.79 Å². The highest BCUT2D eigenvalue weighted by atomic mass is 79.9. The minimum atomic E-state index is -1.02.